The molecular formula is C12H21ClN2S. The summed E-state index contributed by atoms with van der Waals surface area (Å²) in [5.41, 5.74) is 1.67. The van der Waals surface area contributed by atoms with Gasteiger partial charge in [-0.25, -0.2) is 4.98 Å². The van der Waals surface area contributed by atoms with Crippen molar-refractivity contribution < 1.29 is 0 Å². The van der Waals surface area contributed by atoms with E-state index in [2.05, 4.69) is 26.1 Å². The Kier molecular flexibility index (Phi) is 4.77. The predicted molar refractivity (Wildman–Crippen MR) is 72.7 cm³/mol. The van der Waals surface area contributed by atoms with Crippen molar-refractivity contribution in [2.45, 2.75) is 52.0 Å². The van der Waals surface area contributed by atoms with Crippen LogP contribution in [0.15, 0.2) is 0 Å². The maximum Gasteiger partial charge on any atom is 0.107 e. The highest BCUT2D eigenvalue weighted by Crippen LogP contribution is 2.38. The molecule has 1 aliphatic carbocycles. The molecule has 1 aliphatic rings. The fraction of sp³-hybridized carbons (Fsp3) is 0.750. The summed E-state index contributed by atoms with van der Waals surface area (Å²) in [7, 11) is 0. The van der Waals surface area contributed by atoms with Crippen molar-refractivity contribution in [1.82, 2.24) is 10.3 Å². The SMILES string of the molecule is CCNCc1nc2c(s1)CCCC2(C)C.Cl. The first-order valence-electron chi connectivity index (χ1n) is 5.83. The molecule has 0 radical (unpaired) electrons. The fourth-order valence-corrected chi connectivity index (χ4v) is 3.48. The van der Waals surface area contributed by atoms with Gasteiger partial charge < -0.3 is 5.32 Å². The molecular weight excluding hydrogens is 240 g/mol. The van der Waals surface area contributed by atoms with Crippen molar-refractivity contribution in [2.75, 3.05) is 6.54 Å². The van der Waals surface area contributed by atoms with Crippen LogP contribution in [0.3, 0.4) is 0 Å². The van der Waals surface area contributed by atoms with E-state index in [0.717, 1.165) is 13.1 Å². The van der Waals surface area contributed by atoms with E-state index in [1.165, 1.54) is 34.8 Å². The number of fused-ring (bicyclic) bond motifs is 1. The van der Waals surface area contributed by atoms with Gasteiger partial charge >= 0.3 is 0 Å². The Morgan fingerprint density at radius 2 is 2.19 bits per heavy atom. The Balaban J connectivity index is 0.00000128. The molecule has 1 N–H and O–H groups in total. The Labute approximate surface area is 108 Å². The van der Waals surface area contributed by atoms with Crippen molar-refractivity contribution in [3.8, 4) is 0 Å². The summed E-state index contributed by atoms with van der Waals surface area (Å²) in [4.78, 5) is 6.32. The lowest BCUT2D eigenvalue weighted by molar-refractivity contribution is 0.423. The van der Waals surface area contributed by atoms with Crippen LogP contribution in [-0.2, 0) is 18.4 Å². The van der Waals surface area contributed by atoms with Crippen molar-refractivity contribution in [1.29, 1.82) is 0 Å². The van der Waals surface area contributed by atoms with E-state index in [1.54, 1.807) is 0 Å². The summed E-state index contributed by atoms with van der Waals surface area (Å²) in [6.07, 6.45) is 3.84. The average Bonchev–Trinajstić information content (AvgIpc) is 2.59. The second-order valence-corrected chi connectivity index (χ2v) is 6.07. The quantitative estimate of drug-likeness (QED) is 0.902. The Bertz CT molecular complexity index is 347. The first kappa shape index (κ1) is 13.9. The maximum atomic E-state index is 4.80. The molecule has 0 amide bonds. The molecule has 0 fully saturated rings. The third kappa shape index (κ3) is 2.76. The number of aromatic nitrogens is 1. The highest BCUT2D eigenvalue weighted by atomic mass is 35.5. The average molecular weight is 261 g/mol. The summed E-state index contributed by atoms with van der Waals surface area (Å²) in [6, 6.07) is 0. The zero-order valence-electron chi connectivity index (χ0n) is 10.3. The molecule has 0 saturated carbocycles. The molecule has 0 spiro atoms. The molecule has 0 bridgehead atoms. The summed E-state index contributed by atoms with van der Waals surface area (Å²) in [5.74, 6) is 0. The van der Waals surface area contributed by atoms with E-state index >= 15 is 0 Å². The number of nitrogens with zero attached hydrogens (tertiary/aromatic N) is 1. The largest absolute Gasteiger partial charge is 0.311 e. The molecule has 0 aliphatic heterocycles. The number of hydrogen-bond acceptors (Lipinski definition) is 3. The van der Waals surface area contributed by atoms with Gasteiger partial charge in [-0.2, -0.15) is 0 Å². The van der Waals surface area contributed by atoms with Gasteiger partial charge in [-0.1, -0.05) is 20.8 Å². The lowest BCUT2D eigenvalue weighted by atomic mass is 9.79. The molecule has 2 rings (SSSR count). The van der Waals surface area contributed by atoms with Gasteiger partial charge in [-0.05, 0) is 25.8 Å². The fourth-order valence-electron chi connectivity index (χ4n) is 2.22. The summed E-state index contributed by atoms with van der Waals surface area (Å²) in [6.45, 7) is 8.73. The topological polar surface area (TPSA) is 24.9 Å². The van der Waals surface area contributed by atoms with Crippen molar-refractivity contribution >= 4 is 23.7 Å². The van der Waals surface area contributed by atoms with Crippen LogP contribution in [0.4, 0.5) is 0 Å². The van der Waals surface area contributed by atoms with E-state index in [1.807, 2.05) is 11.3 Å². The smallest absolute Gasteiger partial charge is 0.107 e. The lowest BCUT2D eigenvalue weighted by Gasteiger charge is -2.28. The van der Waals surface area contributed by atoms with Crippen LogP contribution < -0.4 is 5.32 Å². The van der Waals surface area contributed by atoms with Gasteiger partial charge in [0.15, 0.2) is 0 Å². The third-order valence-corrected chi connectivity index (χ3v) is 4.23. The third-order valence-electron chi connectivity index (χ3n) is 3.11. The van der Waals surface area contributed by atoms with E-state index in [-0.39, 0.29) is 12.4 Å². The number of halogens is 1. The van der Waals surface area contributed by atoms with Crippen molar-refractivity contribution in [2.24, 2.45) is 0 Å². The Morgan fingerprint density at radius 3 is 2.81 bits per heavy atom. The monoisotopic (exact) mass is 260 g/mol. The number of nitrogens with one attached hydrogen (secondary N) is 1. The van der Waals surface area contributed by atoms with Gasteiger partial charge in [0, 0.05) is 16.8 Å². The number of thiazole rings is 1. The molecule has 2 nitrogen and oxygen atoms in total. The van der Waals surface area contributed by atoms with Gasteiger partial charge in [-0.3, -0.25) is 0 Å². The number of aryl methyl sites for hydroxylation is 1. The molecule has 92 valence electrons. The van der Waals surface area contributed by atoms with Crippen LogP contribution in [0.1, 0.15) is 49.2 Å². The van der Waals surface area contributed by atoms with Crippen LogP contribution in [0.25, 0.3) is 0 Å². The summed E-state index contributed by atoms with van der Waals surface area (Å²) >= 11 is 1.90. The van der Waals surface area contributed by atoms with E-state index in [9.17, 15) is 0 Å². The molecule has 1 heterocycles. The summed E-state index contributed by atoms with van der Waals surface area (Å²) < 4.78 is 0. The second kappa shape index (κ2) is 5.48. The van der Waals surface area contributed by atoms with Crippen molar-refractivity contribution in [3.63, 3.8) is 0 Å². The highest BCUT2D eigenvalue weighted by Gasteiger charge is 2.30. The highest BCUT2D eigenvalue weighted by molar-refractivity contribution is 7.11. The van der Waals surface area contributed by atoms with Crippen LogP contribution in [0.2, 0.25) is 0 Å². The zero-order chi connectivity index (χ0) is 10.9. The molecule has 1 aromatic heterocycles. The maximum absolute atomic E-state index is 4.80. The molecule has 0 aromatic carbocycles. The minimum Gasteiger partial charge on any atom is -0.311 e. The van der Waals surface area contributed by atoms with Gasteiger partial charge in [0.1, 0.15) is 5.01 Å². The lowest BCUT2D eigenvalue weighted by Crippen LogP contribution is -2.23. The Hall–Kier alpha value is -0.120. The van der Waals surface area contributed by atoms with E-state index in [4.69, 9.17) is 4.98 Å². The normalized spacial score (nSPS) is 17.7. The van der Waals surface area contributed by atoms with Gasteiger partial charge in [0.05, 0.1) is 5.69 Å². The molecule has 0 saturated heterocycles. The van der Waals surface area contributed by atoms with Crippen LogP contribution in [0, 0.1) is 0 Å². The number of hydrogen-bond donors (Lipinski definition) is 1. The van der Waals surface area contributed by atoms with Gasteiger partial charge in [-0.15, -0.1) is 23.7 Å². The minimum absolute atomic E-state index is 0. The van der Waals surface area contributed by atoms with Crippen LogP contribution in [-0.4, -0.2) is 11.5 Å². The van der Waals surface area contributed by atoms with E-state index < -0.39 is 0 Å². The summed E-state index contributed by atoms with van der Waals surface area (Å²) in [5, 5.41) is 4.61. The van der Waals surface area contributed by atoms with E-state index in [0.29, 0.717) is 5.41 Å². The Morgan fingerprint density at radius 1 is 1.44 bits per heavy atom. The molecule has 16 heavy (non-hydrogen) atoms. The first-order chi connectivity index (χ1) is 7.13. The minimum atomic E-state index is 0. The number of rotatable bonds is 3. The van der Waals surface area contributed by atoms with Crippen LogP contribution >= 0.6 is 23.7 Å². The standard InChI is InChI=1S/C12H20N2S.ClH/c1-4-13-8-10-14-11-9(15-10)6-5-7-12(11,2)3;/h13H,4-8H2,1-3H3;1H. The van der Waals surface area contributed by atoms with Gasteiger partial charge in [0.2, 0.25) is 0 Å². The first-order valence-corrected chi connectivity index (χ1v) is 6.65. The molecule has 4 heteroatoms. The molecule has 0 unspecified atom stereocenters. The van der Waals surface area contributed by atoms with Crippen molar-refractivity contribution in [3.05, 3.63) is 15.6 Å². The molecule has 0 atom stereocenters. The zero-order valence-corrected chi connectivity index (χ0v) is 11.9. The molecule has 1 aromatic rings. The van der Waals surface area contributed by atoms with Crippen LogP contribution in [0.5, 0.6) is 0 Å². The predicted octanol–water partition coefficient (Wildman–Crippen LogP) is 3.29. The van der Waals surface area contributed by atoms with Gasteiger partial charge in [0.25, 0.3) is 0 Å². The second-order valence-electron chi connectivity index (χ2n) is 4.90.